The highest BCUT2D eigenvalue weighted by atomic mass is 32.2. The second kappa shape index (κ2) is 3.71. The standard InChI is InChI=1S/C10H19NO3S/c1-10(5-6-15(13,14)7-10)11-8-3-2-4-9(8)12/h8-9,11-12H,2-7H2,1H3. The molecule has 0 amide bonds. The zero-order chi connectivity index (χ0) is 11.1. The van der Waals surface area contributed by atoms with Crippen molar-refractivity contribution in [1.29, 1.82) is 0 Å². The minimum Gasteiger partial charge on any atom is -0.392 e. The van der Waals surface area contributed by atoms with Gasteiger partial charge in [-0.25, -0.2) is 8.42 Å². The van der Waals surface area contributed by atoms with Gasteiger partial charge in [-0.05, 0) is 32.6 Å². The molecule has 2 aliphatic rings. The summed E-state index contributed by atoms with van der Waals surface area (Å²) in [6.07, 6.45) is 3.18. The first-order valence-corrected chi connectivity index (χ1v) is 7.39. The molecule has 1 saturated heterocycles. The van der Waals surface area contributed by atoms with E-state index < -0.39 is 9.84 Å². The van der Waals surface area contributed by atoms with Crippen LogP contribution in [0.2, 0.25) is 0 Å². The Morgan fingerprint density at radius 3 is 2.60 bits per heavy atom. The van der Waals surface area contributed by atoms with Crippen molar-refractivity contribution >= 4 is 9.84 Å². The van der Waals surface area contributed by atoms with E-state index in [4.69, 9.17) is 0 Å². The molecule has 2 N–H and O–H groups in total. The van der Waals surface area contributed by atoms with Crippen molar-refractivity contribution in [2.24, 2.45) is 0 Å². The molecule has 0 aromatic rings. The summed E-state index contributed by atoms with van der Waals surface area (Å²) in [5.74, 6) is 0.489. The smallest absolute Gasteiger partial charge is 0.152 e. The van der Waals surface area contributed by atoms with Gasteiger partial charge < -0.3 is 10.4 Å². The third kappa shape index (κ3) is 2.52. The molecule has 1 saturated carbocycles. The second-order valence-corrected chi connectivity index (χ2v) is 7.34. The molecule has 3 atom stereocenters. The Morgan fingerprint density at radius 2 is 2.13 bits per heavy atom. The summed E-state index contributed by atoms with van der Waals surface area (Å²) in [5, 5.41) is 13.0. The lowest BCUT2D eigenvalue weighted by molar-refractivity contribution is 0.133. The first-order valence-electron chi connectivity index (χ1n) is 5.56. The van der Waals surface area contributed by atoms with Gasteiger partial charge in [0.1, 0.15) is 0 Å². The van der Waals surface area contributed by atoms with Crippen LogP contribution < -0.4 is 5.32 Å². The Labute approximate surface area is 91.0 Å². The fourth-order valence-corrected chi connectivity index (χ4v) is 4.79. The summed E-state index contributed by atoms with van der Waals surface area (Å²) >= 11 is 0. The molecule has 5 heteroatoms. The van der Waals surface area contributed by atoms with Gasteiger partial charge in [-0.1, -0.05) is 0 Å². The summed E-state index contributed by atoms with van der Waals surface area (Å²) < 4.78 is 22.8. The van der Waals surface area contributed by atoms with Crippen LogP contribution in [0.4, 0.5) is 0 Å². The van der Waals surface area contributed by atoms with Crippen molar-refractivity contribution in [1.82, 2.24) is 5.32 Å². The summed E-state index contributed by atoms with van der Waals surface area (Å²) in [5.41, 5.74) is -0.325. The molecular formula is C10H19NO3S. The number of sulfone groups is 1. The predicted molar refractivity (Wildman–Crippen MR) is 58.5 cm³/mol. The number of hydrogen-bond donors (Lipinski definition) is 2. The Hall–Kier alpha value is -0.130. The topological polar surface area (TPSA) is 66.4 Å². The Balaban J connectivity index is 2.00. The monoisotopic (exact) mass is 233 g/mol. The number of aliphatic hydroxyl groups is 1. The molecule has 0 spiro atoms. The van der Waals surface area contributed by atoms with Gasteiger partial charge in [0.25, 0.3) is 0 Å². The van der Waals surface area contributed by atoms with Gasteiger partial charge in [0.05, 0.1) is 17.6 Å². The summed E-state index contributed by atoms with van der Waals surface area (Å²) in [6.45, 7) is 1.95. The van der Waals surface area contributed by atoms with Crippen molar-refractivity contribution in [3.8, 4) is 0 Å². The van der Waals surface area contributed by atoms with Crippen LogP contribution in [-0.4, -0.2) is 42.7 Å². The summed E-state index contributed by atoms with van der Waals surface area (Å²) in [4.78, 5) is 0. The van der Waals surface area contributed by atoms with Crippen molar-refractivity contribution in [3.63, 3.8) is 0 Å². The fraction of sp³-hybridized carbons (Fsp3) is 1.00. The largest absolute Gasteiger partial charge is 0.392 e. The van der Waals surface area contributed by atoms with Crippen LogP contribution >= 0.6 is 0 Å². The molecule has 4 nitrogen and oxygen atoms in total. The number of aliphatic hydroxyl groups excluding tert-OH is 1. The number of nitrogens with one attached hydrogen (secondary N) is 1. The molecule has 1 heterocycles. The van der Waals surface area contributed by atoms with E-state index in [2.05, 4.69) is 5.32 Å². The van der Waals surface area contributed by atoms with Gasteiger partial charge >= 0.3 is 0 Å². The first kappa shape index (κ1) is 11.4. The average Bonchev–Trinajstić information content (AvgIpc) is 2.59. The SMILES string of the molecule is CC1(NC2CCCC2O)CCS(=O)(=O)C1. The number of hydrogen-bond acceptors (Lipinski definition) is 4. The zero-order valence-electron chi connectivity index (χ0n) is 9.07. The van der Waals surface area contributed by atoms with Gasteiger partial charge in [-0.3, -0.25) is 0 Å². The third-order valence-corrected chi connectivity index (χ3v) is 5.42. The van der Waals surface area contributed by atoms with E-state index in [1.165, 1.54) is 0 Å². The lowest BCUT2D eigenvalue weighted by Crippen LogP contribution is -2.51. The van der Waals surface area contributed by atoms with E-state index in [0.717, 1.165) is 19.3 Å². The zero-order valence-corrected chi connectivity index (χ0v) is 9.89. The van der Waals surface area contributed by atoms with Gasteiger partial charge in [0, 0.05) is 11.6 Å². The third-order valence-electron chi connectivity index (χ3n) is 3.52. The van der Waals surface area contributed by atoms with Crippen LogP contribution in [0.3, 0.4) is 0 Å². The predicted octanol–water partition coefficient (Wildman–Crippen LogP) is 0.0666. The molecule has 3 unspecified atom stereocenters. The minimum absolute atomic E-state index is 0.0864. The van der Waals surface area contributed by atoms with E-state index in [1.807, 2.05) is 6.92 Å². The maximum atomic E-state index is 11.4. The van der Waals surface area contributed by atoms with E-state index in [9.17, 15) is 13.5 Å². The molecule has 15 heavy (non-hydrogen) atoms. The molecule has 2 rings (SSSR count). The highest BCUT2D eigenvalue weighted by molar-refractivity contribution is 7.91. The van der Waals surface area contributed by atoms with E-state index in [0.29, 0.717) is 6.42 Å². The lowest BCUT2D eigenvalue weighted by atomic mass is 9.99. The van der Waals surface area contributed by atoms with Crippen LogP contribution in [0.1, 0.15) is 32.6 Å². The molecule has 0 aromatic heterocycles. The number of rotatable bonds is 2. The van der Waals surface area contributed by atoms with Crippen LogP contribution in [-0.2, 0) is 9.84 Å². The van der Waals surface area contributed by atoms with Crippen molar-refractivity contribution in [3.05, 3.63) is 0 Å². The van der Waals surface area contributed by atoms with E-state index in [1.54, 1.807) is 0 Å². The lowest BCUT2D eigenvalue weighted by Gasteiger charge is -2.30. The fourth-order valence-electron chi connectivity index (χ4n) is 2.68. The normalized spacial score (nSPS) is 44.7. The van der Waals surface area contributed by atoms with Gasteiger partial charge in [0.2, 0.25) is 0 Å². The molecule has 1 aliphatic heterocycles. The maximum Gasteiger partial charge on any atom is 0.152 e. The Kier molecular flexibility index (Phi) is 2.81. The van der Waals surface area contributed by atoms with Gasteiger partial charge in [-0.2, -0.15) is 0 Å². The molecule has 0 radical (unpaired) electrons. The second-order valence-electron chi connectivity index (χ2n) is 5.15. The molecular weight excluding hydrogens is 214 g/mol. The summed E-state index contributed by atoms with van der Waals surface area (Å²) in [7, 11) is -2.86. The minimum atomic E-state index is -2.86. The van der Waals surface area contributed by atoms with Crippen LogP contribution in [0.25, 0.3) is 0 Å². The average molecular weight is 233 g/mol. The van der Waals surface area contributed by atoms with Gasteiger partial charge in [0.15, 0.2) is 9.84 Å². The van der Waals surface area contributed by atoms with Crippen molar-refractivity contribution in [2.45, 2.75) is 50.3 Å². The van der Waals surface area contributed by atoms with Crippen LogP contribution in [0, 0.1) is 0 Å². The van der Waals surface area contributed by atoms with Crippen LogP contribution in [0.5, 0.6) is 0 Å². The molecule has 0 bridgehead atoms. The first-order chi connectivity index (χ1) is 6.90. The highest BCUT2D eigenvalue weighted by Crippen LogP contribution is 2.27. The van der Waals surface area contributed by atoms with Crippen LogP contribution in [0.15, 0.2) is 0 Å². The molecule has 2 fully saturated rings. The maximum absolute atomic E-state index is 11.4. The summed E-state index contributed by atoms with van der Waals surface area (Å²) in [6, 6.07) is 0.0864. The van der Waals surface area contributed by atoms with E-state index in [-0.39, 0.29) is 29.2 Å². The Bertz CT molecular complexity index is 341. The van der Waals surface area contributed by atoms with Gasteiger partial charge in [-0.15, -0.1) is 0 Å². The quantitative estimate of drug-likeness (QED) is 0.708. The highest BCUT2D eigenvalue weighted by Gasteiger charge is 2.41. The van der Waals surface area contributed by atoms with E-state index >= 15 is 0 Å². The Morgan fingerprint density at radius 1 is 1.40 bits per heavy atom. The molecule has 0 aromatic carbocycles. The van der Waals surface area contributed by atoms with Crippen molar-refractivity contribution in [2.75, 3.05) is 11.5 Å². The molecule has 88 valence electrons. The molecule has 1 aliphatic carbocycles. The van der Waals surface area contributed by atoms with Crippen molar-refractivity contribution < 1.29 is 13.5 Å².